The number of benzene rings is 8. The fraction of sp³-hybridized carbons (Fsp3) is 0.118. The van der Waals surface area contributed by atoms with E-state index in [9.17, 15) is 21.0 Å². The molecule has 1 aliphatic rings. The van der Waals surface area contributed by atoms with Crippen LogP contribution < -0.4 is 18.9 Å². The molecule has 1 aliphatic carbocycles. The van der Waals surface area contributed by atoms with Gasteiger partial charge in [0.05, 0.1) is 75.0 Å². The van der Waals surface area contributed by atoms with Crippen molar-refractivity contribution >= 4 is 46.6 Å². The summed E-state index contributed by atoms with van der Waals surface area (Å²) >= 11 is 0. The minimum atomic E-state index is 0.268. The number of allylic oxidation sites excluding steroid dienone is 4. The lowest BCUT2D eigenvalue weighted by Gasteiger charge is -2.23. The third-order valence-corrected chi connectivity index (χ3v) is 13.5. The topological polar surface area (TPSA) is 132 Å². The van der Waals surface area contributed by atoms with E-state index in [1.54, 1.807) is 28.4 Å². The quantitative estimate of drug-likeness (QED) is 0.0873. The molecule has 0 saturated heterocycles. The van der Waals surface area contributed by atoms with E-state index in [1.165, 1.54) is 0 Å². The molecule has 76 heavy (non-hydrogen) atoms. The van der Waals surface area contributed by atoms with Gasteiger partial charge in [-0.25, -0.2) is 0 Å². The molecule has 0 aromatic heterocycles. The normalized spacial score (nSPS) is 12.5. The van der Waals surface area contributed by atoms with E-state index >= 15 is 0 Å². The van der Waals surface area contributed by atoms with Crippen molar-refractivity contribution in [2.45, 2.75) is 25.7 Å². The number of hydrogen-bond donors (Lipinski definition) is 0. The number of methoxy groups -OCH3 is 4. The second kappa shape index (κ2) is 23.6. The molecule has 0 atom stereocenters. The predicted octanol–water partition coefficient (Wildman–Crippen LogP) is 14.7. The van der Waals surface area contributed by atoms with Crippen LogP contribution in [0.4, 0.5) is 0 Å². The van der Waals surface area contributed by atoms with Crippen molar-refractivity contribution in [1.29, 1.82) is 21.0 Å². The van der Waals surface area contributed by atoms with Crippen molar-refractivity contribution in [2.75, 3.05) is 28.4 Å². The zero-order valence-corrected chi connectivity index (χ0v) is 42.7. The molecule has 0 aliphatic heterocycles. The van der Waals surface area contributed by atoms with Crippen LogP contribution in [0.2, 0.25) is 0 Å². The zero-order chi connectivity index (χ0) is 53.0. The van der Waals surface area contributed by atoms with Gasteiger partial charge in [-0.2, -0.15) is 21.0 Å². The third-order valence-electron chi connectivity index (χ3n) is 13.5. The molecule has 0 amide bonds. The summed E-state index contributed by atoms with van der Waals surface area (Å²) in [7, 11) is 6.59. The van der Waals surface area contributed by atoms with Crippen LogP contribution in [0.1, 0.15) is 89.0 Å². The molecule has 8 bridgehead atoms. The summed E-state index contributed by atoms with van der Waals surface area (Å²) < 4.78 is 25.8. The van der Waals surface area contributed by atoms with Gasteiger partial charge in [0.25, 0.3) is 0 Å². The van der Waals surface area contributed by atoms with Crippen LogP contribution >= 0.6 is 0 Å². The number of nitrogens with zero attached hydrogens (tertiary/aromatic N) is 4. The molecule has 0 heterocycles. The van der Waals surface area contributed by atoms with Crippen LogP contribution in [-0.4, -0.2) is 28.4 Å². The van der Waals surface area contributed by atoms with Crippen molar-refractivity contribution in [2.24, 2.45) is 0 Å². The van der Waals surface area contributed by atoms with Gasteiger partial charge < -0.3 is 18.9 Å². The van der Waals surface area contributed by atoms with Crippen LogP contribution in [0.15, 0.2) is 170 Å². The van der Waals surface area contributed by atoms with Crippen LogP contribution in [0.3, 0.4) is 0 Å². The van der Waals surface area contributed by atoms with E-state index in [1.807, 2.05) is 194 Å². The fourth-order valence-corrected chi connectivity index (χ4v) is 10.1. The summed E-state index contributed by atoms with van der Waals surface area (Å²) in [6.07, 6.45) is 8.58. The molecular weight excluding hydrogens is 937 g/mol. The second-order valence-corrected chi connectivity index (χ2v) is 18.3. The highest BCUT2D eigenvalue weighted by atomic mass is 16.5. The molecule has 0 unspecified atom stereocenters. The Morgan fingerprint density at radius 2 is 0.474 bits per heavy atom. The largest absolute Gasteiger partial charge is 0.496 e. The predicted molar refractivity (Wildman–Crippen MR) is 303 cm³/mol. The number of ether oxygens (including phenoxy) is 4. The van der Waals surface area contributed by atoms with E-state index in [4.69, 9.17) is 18.9 Å². The Labute approximate surface area is 444 Å². The lowest BCUT2D eigenvalue weighted by atomic mass is 9.86. The molecule has 0 saturated carbocycles. The third kappa shape index (κ3) is 11.2. The van der Waals surface area contributed by atoms with Gasteiger partial charge in [0, 0.05) is 25.7 Å². The van der Waals surface area contributed by atoms with E-state index in [-0.39, 0.29) is 25.7 Å². The number of hydrogen-bond acceptors (Lipinski definition) is 8. The number of fused-ring (bicyclic) bond motifs is 8. The average molecular weight is 989 g/mol. The van der Waals surface area contributed by atoms with Gasteiger partial charge >= 0.3 is 0 Å². The van der Waals surface area contributed by atoms with E-state index in [2.05, 4.69) is 24.3 Å². The number of nitriles is 4. The van der Waals surface area contributed by atoms with Crippen molar-refractivity contribution in [3.8, 4) is 47.3 Å². The Bertz CT molecular complexity index is 3180. The Hall–Kier alpha value is -10.1. The summed E-state index contributed by atoms with van der Waals surface area (Å²) in [5, 5.41) is 43.6. The molecule has 8 aromatic rings. The first-order chi connectivity index (χ1) is 37.3. The maximum atomic E-state index is 10.9. The van der Waals surface area contributed by atoms with E-state index in [0.717, 1.165) is 66.8 Å². The van der Waals surface area contributed by atoms with Crippen LogP contribution in [0.5, 0.6) is 23.0 Å². The van der Waals surface area contributed by atoms with Crippen LogP contribution in [0, 0.1) is 45.3 Å². The van der Waals surface area contributed by atoms with Gasteiger partial charge in [-0.15, -0.1) is 0 Å². The molecule has 0 spiro atoms. The first-order valence-electron chi connectivity index (χ1n) is 24.7. The molecule has 8 nitrogen and oxygen atoms in total. The van der Waals surface area contributed by atoms with Crippen molar-refractivity contribution in [3.63, 3.8) is 0 Å². The average Bonchev–Trinajstić information content (AvgIpc) is 3.45. The second-order valence-electron chi connectivity index (χ2n) is 18.3. The highest BCUT2D eigenvalue weighted by Crippen LogP contribution is 2.43. The molecule has 8 aromatic carbocycles. The highest BCUT2D eigenvalue weighted by molar-refractivity contribution is 5.93. The molecular formula is C68H52N4O4. The minimum absolute atomic E-state index is 0.268. The lowest BCUT2D eigenvalue weighted by Crippen LogP contribution is -2.09. The van der Waals surface area contributed by atoms with Gasteiger partial charge in [0.15, 0.2) is 0 Å². The van der Waals surface area contributed by atoms with E-state index < -0.39 is 0 Å². The van der Waals surface area contributed by atoms with Crippen molar-refractivity contribution < 1.29 is 18.9 Å². The summed E-state index contributed by atoms with van der Waals surface area (Å²) in [6, 6.07) is 64.9. The Morgan fingerprint density at radius 3 is 0.618 bits per heavy atom. The molecule has 368 valence electrons. The fourth-order valence-electron chi connectivity index (χ4n) is 10.1. The summed E-state index contributed by atoms with van der Waals surface area (Å²) in [6.45, 7) is 0. The Morgan fingerprint density at radius 1 is 0.303 bits per heavy atom. The zero-order valence-electron chi connectivity index (χ0n) is 42.7. The Kier molecular flexibility index (Phi) is 15.8. The molecule has 0 radical (unpaired) electrons. The first-order valence-corrected chi connectivity index (χ1v) is 24.7. The summed E-state index contributed by atoms with van der Waals surface area (Å²) in [5.74, 6) is 2.40. The monoisotopic (exact) mass is 988 g/mol. The molecule has 0 fully saturated rings. The molecule has 9 rings (SSSR count). The lowest BCUT2D eigenvalue weighted by molar-refractivity contribution is 0.395. The SMILES string of the molecule is COc1c2cc(/C(C#N)=C/c3ccccc3)cc1Cc1cc(/C(C#N)=C/c3ccccc3)cc(c1OC)Cc1cc(/C(C#N)=C/c3ccccc3)cc(c1OC)Cc1cc(/C(C#N)=C/c3ccccc3)cc(c1OC)C2. The van der Waals surface area contributed by atoms with Gasteiger partial charge in [-0.05, 0) is 162 Å². The minimum Gasteiger partial charge on any atom is -0.496 e. The van der Waals surface area contributed by atoms with Gasteiger partial charge in [-0.1, -0.05) is 121 Å². The smallest absolute Gasteiger partial charge is 0.125 e. The number of rotatable bonds is 12. The van der Waals surface area contributed by atoms with E-state index in [0.29, 0.717) is 67.5 Å². The van der Waals surface area contributed by atoms with Crippen molar-refractivity contribution in [3.05, 3.63) is 259 Å². The van der Waals surface area contributed by atoms with Gasteiger partial charge in [0.1, 0.15) is 23.0 Å². The summed E-state index contributed by atoms with van der Waals surface area (Å²) in [5.41, 5.74) is 14.1. The first kappa shape index (κ1) is 50.8. The Balaban J connectivity index is 1.38. The van der Waals surface area contributed by atoms with Gasteiger partial charge in [0.2, 0.25) is 0 Å². The van der Waals surface area contributed by atoms with Crippen LogP contribution in [0.25, 0.3) is 46.6 Å². The standard InChI is InChI=1S/C68H52N4O4/c1-73-65-53-29-49(61(41-69)25-45-17-9-5-10-18-45)30-54(65)38-56-32-51(63(43-71)27-47-21-13-7-14-22-47)34-58(67(56)75-3)40-60-36-52(64(44-72)28-48-23-15-8-16-24-48)35-59(68(60)76-4)39-57-33-50(31-55(37-53)66(57)74-2)62(42-70)26-46-19-11-6-12-20-46/h5-36H,37-40H2,1-4H3/b61-25+,62-26+,63-27+,64-28+. The maximum Gasteiger partial charge on any atom is 0.125 e. The molecule has 0 N–H and O–H groups in total. The summed E-state index contributed by atoms with van der Waals surface area (Å²) in [4.78, 5) is 0. The van der Waals surface area contributed by atoms with Crippen molar-refractivity contribution in [1.82, 2.24) is 0 Å². The maximum absolute atomic E-state index is 10.9. The molecule has 8 heteroatoms. The van der Waals surface area contributed by atoms with Crippen LogP contribution in [-0.2, 0) is 25.7 Å². The van der Waals surface area contributed by atoms with Gasteiger partial charge in [-0.3, -0.25) is 0 Å². The highest BCUT2D eigenvalue weighted by Gasteiger charge is 2.25.